The van der Waals surface area contributed by atoms with Gasteiger partial charge in [0.2, 0.25) is 0 Å². The highest BCUT2D eigenvalue weighted by molar-refractivity contribution is 6.30. The molecule has 0 unspecified atom stereocenters. The van der Waals surface area contributed by atoms with Crippen molar-refractivity contribution in [3.05, 3.63) is 80.0 Å². The molecule has 1 aliphatic rings. The molecule has 2 aromatic carbocycles. The number of carbonyl (C=O) groups excluding carboxylic acids is 4. The number of carbonyl (C=O) groups is 4. The number of hydrogen-bond donors (Lipinski definition) is 1. The van der Waals surface area contributed by atoms with Gasteiger partial charge in [0.1, 0.15) is 24.0 Å². The highest BCUT2D eigenvalue weighted by Crippen LogP contribution is 2.36. The summed E-state index contributed by atoms with van der Waals surface area (Å²) in [4.78, 5) is 77.4. The fourth-order valence-corrected chi connectivity index (χ4v) is 3.85. The monoisotopic (exact) mass is 550 g/mol. The fraction of sp³-hybridized carbons (Fsp3) is 0.200. The quantitative estimate of drug-likeness (QED) is 0.198. The topological polar surface area (TPSA) is 180 Å². The second-order valence-electron chi connectivity index (χ2n) is 8.22. The molecule has 0 saturated heterocycles. The summed E-state index contributed by atoms with van der Waals surface area (Å²) in [7, 11) is 5.06. The van der Waals surface area contributed by atoms with Crippen molar-refractivity contribution in [1.82, 2.24) is 14.0 Å². The number of nitrogens with one attached hydrogen (secondary N) is 1. The summed E-state index contributed by atoms with van der Waals surface area (Å²) in [5, 5.41) is 10.7. The molecule has 3 aromatic rings. The van der Waals surface area contributed by atoms with E-state index < -0.39 is 46.4 Å². The molecule has 1 aromatic heterocycles. The van der Waals surface area contributed by atoms with Crippen LogP contribution in [0.4, 0.5) is 22.0 Å². The van der Waals surface area contributed by atoms with E-state index in [1.54, 1.807) is 18.2 Å². The van der Waals surface area contributed by atoms with Crippen molar-refractivity contribution in [2.45, 2.75) is 0 Å². The summed E-state index contributed by atoms with van der Waals surface area (Å²) in [6.45, 7) is -0.109. The minimum absolute atomic E-state index is 0.0682. The maximum absolute atomic E-state index is 13.4. The number of nitrogens with zero attached hydrogens (tertiary/aromatic N) is 5. The third-order valence-corrected chi connectivity index (χ3v) is 5.84. The number of imide groups is 3. The zero-order valence-corrected chi connectivity index (χ0v) is 21.7. The first-order valence-electron chi connectivity index (χ1n) is 11.5. The fourth-order valence-electron chi connectivity index (χ4n) is 3.85. The first kappa shape index (κ1) is 27.6. The van der Waals surface area contributed by atoms with Crippen molar-refractivity contribution in [1.29, 1.82) is 0 Å². The minimum Gasteiger partial charge on any atom is -0.465 e. The molecule has 15 nitrogen and oxygen atoms in total. The van der Waals surface area contributed by atoms with Gasteiger partial charge < -0.3 is 19.5 Å². The molecule has 40 heavy (non-hydrogen) atoms. The van der Waals surface area contributed by atoms with Crippen LogP contribution >= 0.6 is 0 Å². The van der Waals surface area contributed by atoms with E-state index in [1.807, 2.05) is 0 Å². The summed E-state index contributed by atoms with van der Waals surface area (Å²) in [5.74, 6) is -3.07. The molecule has 1 aliphatic heterocycles. The molecule has 206 valence electrons. The Bertz CT molecular complexity index is 1690. The Hall–Kier alpha value is -5.44. The molecule has 4 rings (SSSR count). The SMILES string of the molecule is COCNc1c(N=Nc2c(C(=O)OC)ccc3c2C(=O)N(C(=O)Oc2ccccc2)C3=O)c(=O)n(C)c(=O)n1C. The van der Waals surface area contributed by atoms with Gasteiger partial charge in [-0.3, -0.25) is 23.5 Å². The van der Waals surface area contributed by atoms with Crippen molar-refractivity contribution in [3.8, 4) is 5.75 Å². The number of anilines is 1. The first-order chi connectivity index (χ1) is 19.1. The zero-order chi connectivity index (χ0) is 29.1. The molecule has 0 spiro atoms. The van der Waals surface area contributed by atoms with Crippen LogP contribution in [0.3, 0.4) is 0 Å². The normalized spacial score (nSPS) is 12.6. The van der Waals surface area contributed by atoms with Gasteiger partial charge in [0, 0.05) is 21.2 Å². The van der Waals surface area contributed by atoms with E-state index in [0.717, 1.165) is 22.3 Å². The van der Waals surface area contributed by atoms with Gasteiger partial charge >= 0.3 is 17.8 Å². The van der Waals surface area contributed by atoms with Crippen LogP contribution in [0.2, 0.25) is 0 Å². The zero-order valence-electron chi connectivity index (χ0n) is 21.7. The Morgan fingerprint density at radius 3 is 2.20 bits per heavy atom. The second-order valence-corrected chi connectivity index (χ2v) is 8.22. The Morgan fingerprint density at radius 1 is 0.875 bits per heavy atom. The van der Waals surface area contributed by atoms with Gasteiger partial charge in [-0.1, -0.05) is 18.2 Å². The standard InChI is InChI=1S/C25H22N6O9/c1-29-19(26-12-38-3)18(22(34)30(2)24(29)36)28-27-17-15(23(35)39-4)11-10-14-16(17)21(33)31(20(14)32)25(37)40-13-8-6-5-7-9-13/h5-11,26H,12H2,1-4H3. The number of para-hydroxylation sites is 1. The molecule has 0 fully saturated rings. The molecule has 0 aliphatic carbocycles. The lowest BCUT2D eigenvalue weighted by molar-refractivity contribution is 0.0599. The number of amides is 3. The second kappa shape index (κ2) is 11.1. The van der Waals surface area contributed by atoms with Crippen LogP contribution in [0.25, 0.3) is 0 Å². The number of hydrogen-bond acceptors (Lipinski definition) is 12. The van der Waals surface area contributed by atoms with Gasteiger partial charge in [-0.15, -0.1) is 10.2 Å². The van der Waals surface area contributed by atoms with Gasteiger partial charge in [0.25, 0.3) is 17.4 Å². The van der Waals surface area contributed by atoms with Crippen LogP contribution < -0.4 is 21.3 Å². The van der Waals surface area contributed by atoms with Crippen LogP contribution in [0.15, 0.2) is 62.3 Å². The number of rotatable bonds is 7. The number of esters is 1. The van der Waals surface area contributed by atoms with E-state index in [4.69, 9.17) is 14.2 Å². The third-order valence-electron chi connectivity index (χ3n) is 5.84. The lowest BCUT2D eigenvalue weighted by Crippen LogP contribution is -2.38. The van der Waals surface area contributed by atoms with Crippen molar-refractivity contribution in [3.63, 3.8) is 0 Å². The number of azo groups is 1. The maximum atomic E-state index is 13.4. The van der Waals surface area contributed by atoms with E-state index in [1.165, 1.54) is 39.4 Å². The summed E-state index contributed by atoms with van der Waals surface area (Å²) < 4.78 is 16.7. The van der Waals surface area contributed by atoms with Gasteiger partial charge in [-0.2, -0.15) is 4.90 Å². The third kappa shape index (κ3) is 4.76. The lowest BCUT2D eigenvalue weighted by Gasteiger charge is -2.13. The van der Waals surface area contributed by atoms with E-state index in [-0.39, 0.29) is 40.0 Å². The number of methoxy groups -OCH3 is 2. The lowest BCUT2D eigenvalue weighted by atomic mass is 10.0. The summed E-state index contributed by atoms with van der Waals surface area (Å²) in [5.41, 5.74) is -3.31. The Labute approximate surface area is 225 Å². The van der Waals surface area contributed by atoms with Crippen LogP contribution in [0.1, 0.15) is 31.1 Å². The molecule has 0 bridgehead atoms. The Kier molecular flexibility index (Phi) is 7.67. The van der Waals surface area contributed by atoms with Crippen molar-refractivity contribution < 1.29 is 33.4 Å². The van der Waals surface area contributed by atoms with E-state index in [0.29, 0.717) is 0 Å². The molecule has 0 atom stereocenters. The Morgan fingerprint density at radius 2 is 1.55 bits per heavy atom. The summed E-state index contributed by atoms with van der Waals surface area (Å²) in [6, 6.07) is 10.1. The van der Waals surface area contributed by atoms with Gasteiger partial charge in [-0.05, 0) is 24.3 Å². The minimum atomic E-state index is -1.28. The predicted octanol–water partition coefficient (Wildman–Crippen LogP) is 2.10. The Balaban J connectivity index is 1.86. The highest BCUT2D eigenvalue weighted by Gasteiger charge is 2.44. The molecular weight excluding hydrogens is 528 g/mol. The largest absolute Gasteiger partial charge is 0.465 e. The van der Waals surface area contributed by atoms with Gasteiger partial charge in [0.15, 0.2) is 5.69 Å². The average molecular weight is 550 g/mol. The van der Waals surface area contributed by atoms with Crippen molar-refractivity contribution >= 4 is 41.1 Å². The van der Waals surface area contributed by atoms with Crippen molar-refractivity contribution in [2.24, 2.45) is 24.3 Å². The average Bonchev–Trinajstić information content (AvgIpc) is 3.22. The first-order valence-corrected chi connectivity index (χ1v) is 11.5. The maximum Gasteiger partial charge on any atom is 0.429 e. The molecule has 1 N–H and O–H groups in total. The highest BCUT2D eigenvalue weighted by atomic mass is 16.6. The molecule has 3 amide bonds. The number of fused-ring (bicyclic) bond motifs is 1. The molecule has 0 radical (unpaired) electrons. The molecule has 0 saturated carbocycles. The van der Waals surface area contributed by atoms with E-state index >= 15 is 0 Å². The van der Waals surface area contributed by atoms with Gasteiger partial charge in [-0.25, -0.2) is 14.4 Å². The van der Waals surface area contributed by atoms with Gasteiger partial charge in [0.05, 0.1) is 23.8 Å². The summed E-state index contributed by atoms with van der Waals surface area (Å²) >= 11 is 0. The number of ether oxygens (including phenoxy) is 3. The van der Waals surface area contributed by atoms with Crippen LogP contribution in [-0.4, -0.2) is 58.9 Å². The van der Waals surface area contributed by atoms with Crippen LogP contribution in [0.5, 0.6) is 5.75 Å². The van der Waals surface area contributed by atoms with Crippen LogP contribution in [0, 0.1) is 0 Å². The van der Waals surface area contributed by atoms with Crippen LogP contribution in [-0.2, 0) is 23.6 Å². The summed E-state index contributed by atoms with van der Waals surface area (Å²) in [6.07, 6.45) is -1.28. The van der Waals surface area contributed by atoms with E-state index in [2.05, 4.69) is 15.5 Å². The predicted molar refractivity (Wildman–Crippen MR) is 137 cm³/mol. The molecule has 15 heteroatoms. The van der Waals surface area contributed by atoms with Crippen molar-refractivity contribution in [2.75, 3.05) is 26.3 Å². The molecule has 2 heterocycles. The molecular formula is C25H22N6O9. The smallest absolute Gasteiger partial charge is 0.429 e. The number of aromatic nitrogens is 2. The van der Waals surface area contributed by atoms with E-state index in [9.17, 15) is 28.8 Å². The number of benzene rings is 2.